The highest BCUT2D eigenvalue weighted by Crippen LogP contribution is 2.27. The van der Waals surface area contributed by atoms with Gasteiger partial charge < -0.3 is 15.5 Å². The van der Waals surface area contributed by atoms with Gasteiger partial charge in [0.1, 0.15) is 6.54 Å². The van der Waals surface area contributed by atoms with Gasteiger partial charge in [-0.2, -0.15) is 0 Å². The third-order valence-electron chi connectivity index (χ3n) is 3.32. The molecule has 0 spiro atoms. The number of carbonyl (C=O) groups excluding carboxylic acids is 1. The van der Waals surface area contributed by atoms with Gasteiger partial charge in [0.2, 0.25) is 5.91 Å². The van der Waals surface area contributed by atoms with Gasteiger partial charge in [0, 0.05) is 25.3 Å². The summed E-state index contributed by atoms with van der Waals surface area (Å²) in [7, 11) is 0. The number of hydrogen-bond donors (Lipinski definition) is 2. The van der Waals surface area contributed by atoms with Crippen molar-refractivity contribution in [2.24, 2.45) is 4.99 Å². The zero-order valence-corrected chi connectivity index (χ0v) is 15.2. The SMILES string of the molecule is C=CCNC(=NCC(=O)N1CCc2ccccc21)NCC.I. The largest absolute Gasteiger partial charge is 0.357 e. The third-order valence-corrected chi connectivity index (χ3v) is 3.32. The highest BCUT2D eigenvalue weighted by Gasteiger charge is 2.23. The lowest BCUT2D eigenvalue weighted by molar-refractivity contribution is -0.117. The van der Waals surface area contributed by atoms with Crippen LogP contribution in [0.2, 0.25) is 0 Å². The van der Waals surface area contributed by atoms with Crippen molar-refractivity contribution in [3.63, 3.8) is 0 Å². The molecule has 1 aliphatic heterocycles. The number of para-hydroxylation sites is 1. The average Bonchev–Trinajstić information content (AvgIpc) is 2.94. The van der Waals surface area contributed by atoms with E-state index < -0.39 is 0 Å². The molecule has 5 nitrogen and oxygen atoms in total. The molecule has 0 atom stereocenters. The van der Waals surface area contributed by atoms with E-state index in [-0.39, 0.29) is 36.4 Å². The maximum absolute atomic E-state index is 12.3. The number of aliphatic imine (C=N–C) groups is 1. The van der Waals surface area contributed by atoms with Gasteiger partial charge in [-0.3, -0.25) is 4.79 Å². The third kappa shape index (κ3) is 4.72. The zero-order valence-electron chi connectivity index (χ0n) is 12.8. The van der Waals surface area contributed by atoms with Crippen LogP contribution in [0.4, 0.5) is 5.69 Å². The van der Waals surface area contributed by atoms with Crippen LogP contribution in [0.1, 0.15) is 12.5 Å². The topological polar surface area (TPSA) is 56.7 Å². The first kappa shape index (κ1) is 18.5. The summed E-state index contributed by atoms with van der Waals surface area (Å²) in [6.45, 7) is 7.90. The summed E-state index contributed by atoms with van der Waals surface area (Å²) >= 11 is 0. The van der Waals surface area contributed by atoms with Crippen molar-refractivity contribution in [1.82, 2.24) is 10.6 Å². The minimum Gasteiger partial charge on any atom is -0.357 e. The number of nitrogens with one attached hydrogen (secondary N) is 2. The second-order valence-electron chi connectivity index (χ2n) is 4.79. The number of guanidine groups is 1. The maximum atomic E-state index is 12.3. The van der Waals surface area contributed by atoms with Crippen molar-refractivity contribution >= 4 is 41.5 Å². The minimum atomic E-state index is 0. The first-order valence-corrected chi connectivity index (χ1v) is 7.27. The summed E-state index contributed by atoms with van der Waals surface area (Å²) in [6, 6.07) is 8.03. The molecule has 1 aromatic carbocycles. The Morgan fingerprint density at radius 2 is 2.18 bits per heavy atom. The molecule has 0 radical (unpaired) electrons. The number of amides is 1. The van der Waals surface area contributed by atoms with Gasteiger partial charge in [-0.05, 0) is 25.0 Å². The molecule has 0 fully saturated rings. The molecule has 0 unspecified atom stereocenters. The Bertz CT molecular complexity index is 545. The summed E-state index contributed by atoms with van der Waals surface area (Å²) < 4.78 is 0. The van der Waals surface area contributed by atoms with Crippen LogP contribution in [0.3, 0.4) is 0 Å². The van der Waals surface area contributed by atoms with Crippen LogP contribution in [0.15, 0.2) is 41.9 Å². The number of benzene rings is 1. The molecule has 0 bridgehead atoms. The van der Waals surface area contributed by atoms with E-state index in [1.54, 1.807) is 6.08 Å². The molecule has 1 aromatic rings. The molecule has 0 saturated heterocycles. The lowest BCUT2D eigenvalue weighted by atomic mass is 10.2. The standard InChI is InChI=1S/C16H22N4O.HI/c1-3-10-18-16(17-4-2)19-12-15(21)20-11-9-13-7-5-6-8-14(13)20;/h3,5-8H,1,4,9-12H2,2H3,(H2,17,18,19);1H. The Morgan fingerprint density at radius 1 is 1.41 bits per heavy atom. The van der Waals surface area contributed by atoms with E-state index >= 15 is 0 Å². The van der Waals surface area contributed by atoms with Crippen molar-refractivity contribution in [2.45, 2.75) is 13.3 Å². The van der Waals surface area contributed by atoms with Crippen LogP contribution in [0, 0.1) is 0 Å². The predicted octanol–water partition coefficient (Wildman–Crippen LogP) is 1.93. The van der Waals surface area contributed by atoms with Crippen molar-refractivity contribution < 1.29 is 4.79 Å². The predicted molar refractivity (Wildman–Crippen MR) is 102 cm³/mol. The summed E-state index contributed by atoms with van der Waals surface area (Å²) in [6.07, 6.45) is 2.67. The normalized spacial score (nSPS) is 13.1. The van der Waals surface area contributed by atoms with Gasteiger partial charge in [-0.1, -0.05) is 24.3 Å². The first-order chi connectivity index (χ1) is 10.3. The molecular weight excluding hydrogens is 391 g/mol. The van der Waals surface area contributed by atoms with Crippen molar-refractivity contribution in [3.8, 4) is 0 Å². The fourth-order valence-electron chi connectivity index (χ4n) is 2.34. The molecule has 0 aliphatic carbocycles. The van der Waals surface area contributed by atoms with E-state index in [9.17, 15) is 4.79 Å². The summed E-state index contributed by atoms with van der Waals surface area (Å²) in [5.41, 5.74) is 2.24. The molecule has 1 amide bonds. The van der Waals surface area contributed by atoms with Crippen molar-refractivity contribution in [1.29, 1.82) is 0 Å². The van der Waals surface area contributed by atoms with Gasteiger partial charge in [-0.25, -0.2) is 4.99 Å². The minimum absolute atomic E-state index is 0. The van der Waals surface area contributed by atoms with Gasteiger partial charge in [0.25, 0.3) is 0 Å². The second-order valence-corrected chi connectivity index (χ2v) is 4.79. The van der Waals surface area contributed by atoms with E-state index in [2.05, 4.69) is 28.3 Å². The molecule has 0 saturated carbocycles. The van der Waals surface area contributed by atoms with Crippen LogP contribution in [0.5, 0.6) is 0 Å². The lowest BCUT2D eigenvalue weighted by Gasteiger charge is -2.16. The van der Waals surface area contributed by atoms with E-state index in [0.29, 0.717) is 12.5 Å². The zero-order chi connectivity index (χ0) is 15.1. The highest BCUT2D eigenvalue weighted by atomic mass is 127. The number of rotatable bonds is 5. The monoisotopic (exact) mass is 414 g/mol. The molecule has 2 N–H and O–H groups in total. The number of fused-ring (bicyclic) bond motifs is 1. The van der Waals surface area contributed by atoms with Gasteiger partial charge in [0.15, 0.2) is 5.96 Å². The maximum Gasteiger partial charge on any atom is 0.248 e. The molecule has 1 aliphatic rings. The molecule has 2 rings (SSSR count). The second kappa shape index (κ2) is 9.45. The average molecular weight is 414 g/mol. The van der Waals surface area contributed by atoms with Crippen LogP contribution < -0.4 is 15.5 Å². The van der Waals surface area contributed by atoms with Crippen LogP contribution in [0.25, 0.3) is 0 Å². The summed E-state index contributed by atoms with van der Waals surface area (Å²) in [5, 5.41) is 6.19. The number of hydrogen-bond acceptors (Lipinski definition) is 2. The van der Waals surface area contributed by atoms with Crippen LogP contribution in [-0.4, -0.2) is 38.0 Å². The molecule has 6 heteroatoms. The lowest BCUT2D eigenvalue weighted by Crippen LogP contribution is -2.39. The van der Waals surface area contributed by atoms with Gasteiger partial charge >= 0.3 is 0 Å². The number of nitrogens with zero attached hydrogens (tertiary/aromatic N) is 2. The van der Waals surface area contributed by atoms with E-state index in [0.717, 1.165) is 25.2 Å². The van der Waals surface area contributed by atoms with E-state index in [4.69, 9.17) is 0 Å². The quantitative estimate of drug-likeness (QED) is 0.335. The summed E-state index contributed by atoms with van der Waals surface area (Å²) in [4.78, 5) is 18.5. The smallest absolute Gasteiger partial charge is 0.248 e. The van der Waals surface area contributed by atoms with Gasteiger partial charge in [0.05, 0.1) is 0 Å². The van der Waals surface area contributed by atoms with Gasteiger partial charge in [-0.15, -0.1) is 30.6 Å². The molecule has 120 valence electrons. The Labute approximate surface area is 148 Å². The Hall–Kier alpha value is -1.57. The van der Waals surface area contributed by atoms with Crippen molar-refractivity contribution in [2.75, 3.05) is 31.1 Å². The number of halogens is 1. The Balaban J connectivity index is 0.00000242. The fraction of sp³-hybridized carbons (Fsp3) is 0.375. The molecule has 0 aromatic heterocycles. The van der Waals surface area contributed by atoms with Crippen LogP contribution >= 0.6 is 24.0 Å². The van der Waals surface area contributed by atoms with E-state index in [1.807, 2.05) is 30.0 Å². The van der Waals surface area contributed by atoms with Crippen LogP contribution in [-0.2, 0) is 11.2 Å². The first-order valence-electron chi connectivity index (χ1n) is 7.27. The molecule has 1 heterocycles. The summed E-state index contributed by atoms with van der Waals surface area (Å²) in [5.74, 6) is 0.661. The Morgan fingerprint density at radius 3 is 2.91 bits per heavy atom. The van der Waals surface area contributed by atoms with Crippen molar-refractivity contribution in [3.05, 3.63) is 42.5 Å². The Kier molecular flexibility index (Phi) is 7.94. The highest BCUT2D eigenvalue weighted by molar-refractivity contribution is 14.0. The number of carbonyl (C=O) groups is 1. The van der Waals surface area contributed by atoms with E-state index in [1.165, 1.54) is 5.56 Å². The molecule has 22 heavy (non-hydrogen) atoms. The fourth-order valence-corrected chi connectivity index (χ4v) is 2.34. The molecular formula is C16H23IN4O. The number of anilines is 1.